The molecule has 0 aromatic rings. The Morgan fingerprint density at radius 2 is 0.852 bits per heavy atom. The molecule has 0 heterocycles. The Kier molecular flexibility index (Phi) is 13.4. The second-order valence-electron chi connectivity index (χ2n) is 9.44. The van der Waals surface area contributed by atoms with Crippen LogP contribution in [0.3, 0.4) is 0 Å². The lowest BCUT2D eigenvalue weighted by Crippen LogP contribution is -2.38. The van der Waals surface area contributed by atoms with Crippen molar-refractivity contribution in [3.05, 3.63) is 0 Å². The molecule has 27 heavy (non-hydrogen) atoms. The molecule has 0 atom stereocenters. The minimum Gasteiger partial charge on any atom is -0.460 e. The Morgan fingerprint density at radius 1 is 0.556 bits per heavy atom. The first-order valence-corrected chi connectivity index (χ1v) is 10.4. The molecule has 0 unspecified atom stereocenters. The zero-order valence-electron chi connectivity index (χ0n) is 18.7. The Bertz CT molecular complexity index is 373. The number of esters is 2. The van der Waals surface area contributed by atoms with Gasteiger partial charge in [0, 0.05) is 12.8 Å². The van der Waals surface area contributed by atoms with Crippen molar-refractivity contribution >= 4 is 11.9 Å². The number of nitrogens with zero attached hydrogens (tertiary/aromatic N) is 2. The van der Waals surface area contributed by atoms with Crippen LogP contribution in [0, 0.1) is 0 Å². The minimum atomic E-state index is -0.0766. The lowest BCUT2D eigenvalue weighted by Gasteiger charge is -2.23. The molecular formula is C21H44N2O4+2. The summed E-state index contributed by atoms with van der Waals surface area (Å²) in [5.74, 6) is -0.153. The quantitative estimate of drug-likeness (QED) is 0.232. The van der Waals surface area contributed by atoms with Crippen LogP contribution < -0.4 is 0 Å². The third-order valence-corrected chi connectivity index (χ3v) is 4.31. The molecule has 0 aromatic carbocycles. The highest BCUT2D eigenvalue weighted by Gasteiger charge is 2.10. The number of carbonyl (C=O) groups excluding carboxylic acids is 2. The molecule has 0 fully saturated rings. The normalized spacial score (nSPS) is 12.1. The van der Waals surface area contributed by atoms with E-state index >= 15 is 0 Å². The summed E-state index contributed by atoms with van der Waals surface area (Å²) in [6.07, 6.45) is 8.43. The van der Waals surface area contributed by atoms with Gasteiger partial charge in [-0.3, -0.25) is 9.59 Å². The Labute approximate surface area is 167 Å². The van der Waals surface area contributed by atoms with Crippen LogP contribution in [0.15, 0.2) is 0 Å². The van der Waals surface area contributed by atoms with E-state index in [0.29, 0.717) is 26.1 Å². The van der Waals surface area contributed by atoms with E-state index in [4.69, 9.17) is 9.47 Å². The third kappa shape index (κ3) is 21.0. The van der Waals surface area contributed by atoms with Crippen LogP contribution in [-0.2, 0) is 19.1 Å². The molecule has 0 amide bonds. The Morgan fingerprint density at radius 3 is 1.15 bits per heavy atom. The maximum Gasteiger partial charge on any atom is 0.305 e. The van der Waals surface area contributed by atoms with Crippen molar-refractivity contribution in [3.63, 3.8) is 0 Å². The fraction of sp³-hybridized carbons (Fsp3) is 0.905. The number of carbonyl (C=O) groups is 2. The van der Waals surface area contributed by atoms with Crippen molar-refractivity contribution in [2.75, 3.05) is 68.6 Å². The van der Waals surface area contributed by atoms with E-state index in [1.807, 2.05) is 0 Å². The van der Waals surface area contributed by atoms with Crippen molar-refractivity contribution in [3.8, 4) is 0 Å². The fourth-order valence-electron chi connectivity index (χ4n) is 2.43. The molecule has 0 bridgehead atoms. The van der Waals surface area contributed by atoms with Gasteiger partial charge in [0.25, 0.3) is 0 Å². The Balaban J connectivity index is 3.37. The molecule has 6 heteroatoms. The van der Waals surface area contributed by atoms with E-state index < -0.39 is 0 Å². The number of likely N-dealkylation sites (N-methyl/N-ethyl adjacent to an activating group) is 2. The summed E-state index contributed by atoms with van der Waals surface area (Å²) >= 11 is 0. The van der Waals surface area contributed by atoms with E-state index in [2.05, 4.69) is 42.3 Å². The second-order valence-corrected chi connectivity index (χ2v) is 9.44. The standard InChI is InChI=1S/C21H44N2O4/c1-22(2,3)16-18-26-20(24)14-12-10-8-7-9-11-13-15-21(25)27-19-17-23(4,5)6/h7-19H2,1-6H3/q+2. The number of ether oxygens (including phenoxy) is 2. The highest BCUT2D eigenvalue weighted by atomic mass is 16.5. The van der Waals surface area contributed by atoms with Crippen molar-refractivity contribution in [2.24, 2.45) is 0 Å². The van der Waals surface area contributed by atoms with Gasteiger partial charge in [-0.15, -0.1) is 0 Å². The average Bonchev–Trinajstić information content (AvgIpc) is 2.50. The van der Waals surface area contributed by atoms with E-state index in [9.17, 15) is 9.59 Å². The van der Waals surface area contributed by atoms with E-state index in [0.717, 1.165) is 67.0 Å². The predicted octanol–water partition coefficient (Wildman–Crippen LogP) is 3.00. The van der Waals surface area contributed by atoms with Gasteiger partial charge in [-0.05, 0) is 12.8 Å². The average molecular weight is 389 g/mol. The zero-order valence-corrected chi connectivity index (χ0v) is 18.7. The Hall–Kier alpha value is -1.14. The van der Waals surface area contributed by atoms with Gasteiger partial charge in [-0.1, -0.05) is 32.1 Å². The largest absolute Gasteiger partial charge is 0.460 e. The van der Waals surface area contributed by atoms with Gasteiger partial charge >= 0.3 is 11.9 Å². The summed E-state index contributed by atoms with van der Waals surface area (Å²) in [5.41, 5.74) is 0. The lowest BCUT2D eigenvalue weighted by atomic mass is 10.1. The highest BCUT2D eigenvalue weighted by molar-refractivity contribution is 5.69. The second kappa shape index (κ2) is 13.9. The molecule has 0 aromatic heterocycles. The van der Waals surface area contributed by atoms with Crippen LogP contribution in [0.1, 0.15) is 57.8 Å². The van der Waals surface area contributed by atoms with Gasteiger partial charge in [-0.25, -0.2) is 0 Å². The van der Waals surface area contributed by atoms with Gasteiger partial charge in [0.2, 0.25) is 0 Å². The number of hydrogen-bond acceptors (Lipinski definition) is 4. The first kappa shape index (κ1) is 25.9. The smallest absolute Gasteiger partial charge is 0.305 e. The maximum atomic E-state index is 11.6. The number of quaternary nitrogens is 2. The van der Waals surface area contributed by atoms with Gasteiger partial charge < -0.3 is 18.4 Å². The monoisotopic (exact) mass is 388 g/mol. The van der Waals surface area contributed by atoms with Gasteiger partial charge in [-0.2, -0.15) is 0 Å². The minimum absolute atomic E-state index is 0.0766. The maximum absolute atomic E-state index is 11.6. The SMILES string of the molecule is C[N+](C)(C)CCOC(=O)CCCCCCCCCC(=O)OCC[N+](C)(C)C. The van der Waals surface area contributed by atoms with Crippen LogP contribution in [-0.4, -0.2) is 89.5 Å². The highest BCUT2D eigenvalue weighted by Crippen LogP contribution is 2.10. The summed E-state index contributed by atoms with van der Waals surface area (Å²) in [6, 6.07) is 0. The van der Waals surface area contributed by atoms with Crippen molar-refractivity contribution < 1.29 is 28.0 Å². The number of hydrogen-bond donors (Lipinski definition) is 0. The first-order valence-electron chi connectivity index (χ1n) is 10.4. The molecular weight excluding hydrogens is 344 g/mol. The van der Waals surface area contributed by atoms with Crippen molar-refractivity contribution in [1.82, 2.24) is 0 Å². The van der Waals surface area contributed by atoms with Crippen LogP contribution in [0.2, 0.25) is 0 Å². The topological polar surface area (TPSA) is 52.6 Å². The van der Waals surface area contributed by atoms with Gasteiger partial charge in [0.1, 0.15) is 26.3 Å². The summed E-state index contributed by atoms with van der Waals surface area (Å²) in [7, 11) is 12.5. The molecule has 0 aliphatic rings. The molecule has 0 aliphatic carbocycles. The number of rotatable bonds is 16. The molecule has 0 N–H and O–H groups in total. The van der Waals surface area contributed by atoms with Crippen molar-refractivity contribution in [2.45, 2.75) is 57.8 Å². The van der Waals surface area contributed by atoms with Crippen LogP contribution >= 0.6 is 0 Å². The van der Waals surface area contributed by atoms with E-state index in [-0.39, 0.29) is 11.9 Å². The molecule has 160 valence electrons. The summed E-state index contributed by atoms with van der Waals surface area (Å²) < 4.78 is 12.1. The summed E-state index contributed by atoms with van der Waals surface area (Å²) in [5, 5.41) is 0. The van der Waals surface area contributed by atoms with Gasteiger partial charge in [0.05, 0.1) is 42.3 Å². The van der Waals surface area contributed by atoms with E-state index in [1.165, 1.54) is 0 Å². The van der Waals surface area contributed by atoms with Gasteiger partial charge in [0.15, 0.2) is 0 Å². The fourth-order valence-corrected chi connectivity index (χ4v) is 2.43. The zero-order chi connectivity index (χ0) is 20.8. The lowest BCUT2D eigenvalue weighted by molar-refractivity contribution is -0.870. The molecule has 0 rings (SSSR count). The summed E-state index contributed by atoms with van der Waals surface area (Å²) in [4.78, 5) is 23.2. The first-order chi connectivity index (χ1) is 12.5. The van der Waals surface area contributed by atoms with E-state index in [1.54, 1.807) is 0 Å². The van der Waals surface area contributed by atoms with Crippen LogP contribution in [0.25, 0.3) is 0 Å². The van der Waals surface area contributed by atoms with Crippen molar-refractivity contribution in [1.29, 1.82) is 0 Å². The molecule has 0 radical (unpaired) electrons. The van der Waals surface area contributed by atoms with Crippen LogP contribution in [0.5, 0.6) is 0 Å². The molecule has 0 spiro atoms. The molecule has 6 nitrogen and oxygen atoms in total. The number of unbranched alkanes of at least 4 members (excludes halogenated alkanes) is 6. The third-order valence-electron chi connectivity index (χ3n) is 4.31. The predicted molar refractivity (Wildman–Crippen MR) is 109 cm³/mol. The summed E-state index contributed by atoms with van der Waals surface area (Å²) in [6.45, 7) is 2.68. The van der Waals surface area contributed by atoms with Crippen LogP contribution in [0.4, 0.5) is 0 Å². The molecule has 0 saturated carbocycles. The molecule has 0 saturated heterocycles. The molecule has 0 aliphatic heterocycles.